The number of nitrogens with zero attached hydrogens (tertiary/aromatic N) is 2. The van der Waals surface area contributed by atoms with E-state index in [1.54, 1.807) is 23.1 Å². The van der Waals surface area contributed by atoms with Crippen LogP contribution in [0.2, 0.25) is 0 Å². The van der Waals surface area contributed by atoms with E-state index in [0.29, 0.717) is 10.7 Å². The number of rotatable bonds is 3. The first kappa shape index (κ1) is 13.8. The van der Waals surface area contributed by atoms with Crippen LogP contribution in [0.15, 0.2) is 4.42 Å². The van der Waals surface area contributed by atoms with Crippen molar-refractivity contribution in [1.29, 1.82) is 0 Å². The molecule has 2 aromatic heterocycles. The second-order valence-electron chi connectivity index (χ2n) is 4.89. The molecule has 0 amide bonds. The quantitative estimate of drug-likeness (QED) is 0.868. The van der Waals surface area contributed by atoms with Gasteiger partial charge in [-0.3, -0.25) is 0 Å². The normalized spacial score (nSPS) is 12.0. The van der Waals surface area contributed by atoms with Crippen LogP contribution in [0.25, 0.3) is 10.8 Å². The fourth-order valence-corrected chi connectivity index (χ4v) is 3.55. The molecule has 0 saturated carbocycles. The molecule has 0 spiro atoms. The van der Waals surface area contributed by atoms with Crippen molar-refractivity contribution in [2.45, 2.75) is 31.9 Å². The molecule has 0 aliphatic heterocycles. The van der Waals surface area contributed by atoms with Crippen LogP contribution in [0.3, 0.4) is 0 Å². The van der Waals surface area contributed by atoms with Gasteiger partial charge in [0.1, 0.15) is 9.88 Å². The Balaban J connectivity index is 2.54. The summed E-state index contributed by atoms with van der Waals surface area (Å²) in [6.07, 6.45) is 2.07. The van der Waals surface area contributed by atoms with E-state index in [1.807, 2.05) is 0 Å². The van der Waals surface area contributed by atoms with Gasteiger partial charge in [-0.1, -0.05) is 20.8 Å². The summed E-state index contributed by atoms with van der Waals surface area (Å²) in [6, 6.07) is 0. The van der Waals surface area contributed by atoms with Crippen LogP contribution in [0.5, 0.6) is 0 Å². The number of aromatic amines is 1. The lowest BCUT2D eigenvalue weighted by Crippen LogP contribution is -2.13. The van der Waals surface area contributed by atoms with Crippen molar-refractivity contribution < 1.29 is 4.42 Å². The Kier molecular flexibility index (Phi) is 3.93. The van der Waals surface area contributed by atoms with Gasteiger partial charge in [0.25, 0.3) is 10.7 Å². The molecule has 2 rings (SSSR count). The maximum atomic E-state index is 5.41. The molecular formula is C11H15N3OS3. The largest absolute Gasteiger partial charge is 0.408 e. The Bertz CT molecular complexity index is 591. The van der Waals surface area contributed by atoms with E-state index in [-0.39, 0.29) is 5.41 Å². The number of thiazole rings is 1. The molecular weight excluding hydrogens is 286 g/mol. The fraction of sp³-hybridized carbons (Fsp3) is 0.545. The number of aromatic nitrogens is 3. The number of hydrogen-bond acceptors (Lipinski definition) is 6. The summed E-state index contributed by atoms with van der Waals surface area (Å²) in [7, 11) is 0. The maximum absolute atomic E-state index is 5.41. The molecule has 2 aromatic rings. The number of nitrogens with one attached hydrogen (secondary N) is 1. The summed E-state index contributed by atoms with van der Waals surface area (Å²) >= 11 is 8.30. The highest BCUT2D eigenvalue weighted by Crippen LogP contribution is 2.37. The molecule has 0 bridgehead atoms. The first-order chi connectivity index (χ1) is 8.41. The zero-order valence-corrected chi connectivity index (χ0v) is 13.2. The summed E-state index contributed by atoms with van der Waals surface area (Å²) in [5, 5.41) is 7.85. The highest BCUT2D eigenvalue weighted by atomic mass is 32.2. The monoisotopic (exact) mass is 301 g/mol. The smallest absolute Gasteiger partial charge is 0.284 e. The first-order valence-electron chi connectivity index (χ1n) is 5.47. The van der Waals surface area contributed by atoms with E-state index in [4.69, 9.17) is 21.6 Å². The SMILES string of the molecule is CSCc1nc(C(C)(C)C)c(-c2n[nH]c(=S)o2)s1. The molecule has 2 heterocycles. The first-order valence-corrected chi connectivity index (χ1v) is 8.08. The van der Waals surface area contributed by atoms with Gasteiger partial charge in [-0.05, 0) is 18.5 Å². The van der Waals surface area contributed by atoms with E-state index in [1.165, 1.54) is 0 Å². The molecule has 0 atom stereocenters. The van der Waals surface area contributed by atoms with Gasteiger partial charge >= 0.3 is 0 Å². The van der Waals surface area contributed by atoms with Crippen molar-refractivity contribution in [3.8, 4) is 10.8 Å². The summed E-state index contributed by atoms with van der Waals surface area (Å²) in [5.74, 6) is 1.44. The molecule has 0 fully saturated rings. The third kappa shape index (κ3) is 2.84. The van der Waals surface area contributed by atoms with Gasteiger partial charge in [-0.25, -0.2) is 10.1 Å². The number of hydrogen-bond donors (Lipinski definition) is 1. The number of thioether (sulfide) groups is 1. The van der Waals surface area contributed by atoms with Gasteiger partial charge in [0, 0.05) is 11.2 Å². The summed E-state index contributed by atoms with van der Waals surface area (Å²) in [6.45, 7) is 6.40. The van der Waals surface area contributed by atoms with Crippen molar-refractivity contribution in [3.63, 3.8) is 0 Å². The maximum Gasteiger partial charge on any atom is 0.284 e. The molecule has 4 nitrogen and oxygen atoms in total. The topological polar surface area (TPSA) is 54.7 Å². The van der Waals surface area contributed by atoms with E-state index in [2.05, 4.69) is 37.2 Å². The van der Waals surface area contributed by atoms with Crippen LogP contribution in [0.4, 0.5) is 0 Å². The summed E-state index contributed by atoms with van der Waals surface area (Å²) in [4.78, 5) is 5.97. The lowest BCUT2D eigenvalue weighted by atomic mass is 9.91. The molecule has 0 unspecified atom stereocenters. The minimum atomic E-state index is -0.0431. The predicted octanol–water partition coefficient (Wildman–Crippen LogP) is 4.02. The highest BCUT2D eigenvalue weighted by molar-refractivity contribution is 7.97. The van der Waals surface area contributed by atoms with Gasteiger partial charge in [0.05, 0.1) is 5.69 Å². The minimum Gasteiger partial charge on any atom is -0.408 e. The highest BCUT2D eigenvalue weighted by Gasteiger charge is 2.26. The van der Waals surface area contributed by atoms with Crippen molar-refractivity contribution in [2.75, 3.05) is 6.26 Å². The van der Waals surface area contributed by atoms with Crippen LogP contribution >= 0.6 is 35.3 Å². The molecule has 1 N–H and O–H groups in total. The van der Waals surface area contributed by atoms with Gasteiger partial charge < -0.3 is 4.42 Å². The Morgan fingerprint density at radius 1 is 1.44 bits per heavy atom. The molecule has 0 aliphatic carbocycles. The van der Waals surface area contributed by atoms with E-state index in [9.17, 15) is 0 Å². The third-order valence-electron chi connectivity index (χ3n) is 2.28. The lowest BCUT2D eigenvalue weighted by molar-refractivity contribution is 0.541. The zero-order chi connectivity index (χ0) is 13.3. The van der Waals surface area contributed by atoms with E-state index >= 15 is 0 Å². The Morgan fingerprint density at radius 2 is 2.17 bits per heavy atom. The van der Waals surface area contributed by atoms with Crippen LogP contribution < -0.4 is 0 Å². The van der Waals surface area contributed by atoms with E-state index in [0.717, 1.165) is 21.3 Å². The Labute approximate surface area is 119 Å². The molecule has 0 saturated heterocycles. The van der Waals surface area contributed by atoms with Crippen molar-refractivity contribution in [3.05, 3.63) is 15.5 Å². The summed E-state index contributed by atoms with van der Waals surface area (Å²) in [5.41, 5.74) is 0.972. The molecule has 0 radical (unpaired) electrons. The molecule has 18 heavy (non-hydrogen) atoms. The average Bonchev–Trinajstić information content (AvgIpc) is 2.83. The average molecular weight is 301 g/mol. The van der Waals surface area contributed by atoms with Gasteiger partial charge in [-0.2, -0.15) is 11.8 Å². The summed E-state index contributed by atoms with van der Waals surface area (Å²) < 4.78 is 5.41. The fourth-order valence-electron chi connectivity index (χ4n) is 1.53. The molecule has 7 heteroatoms. The molecule has 0 aliphatic rings. The second-order valence-corrected chi connectivity index (χ2v) is 7.21. The standard InChI is InChI=1S/C11H15N3OS3/c1-11(2,3)8-7(9-13-14-10(16)15-9)18-6(12-8)5-17-4/h5H2,1-4H3,(H,14,16). The van der Waals surface area contributed by atoms with Crippen LogP contribution in [0.1, 0.15) is 31.5 Å². The molecule has 0 aromatic carbocycles. The zero-order valence-electron chi connectivity index (χ0n) is 10.7. The van der Waals surface area contributed by atoms with Crippen LogP contribution in [-0.2, 0) is 11.2 Å². The molecule has 98 valence electrons. The van der Waals surface area contributed by atoms with Crippen LogP contribution in [0, 0.1) is 4.84 Å². The van der Waals surface area contributed by atoms with Gasteiger partial charge in [0.2, 0.25) is 0 Å². The van der Waals surface area contributed by atoms with Crippen molar-refractivity contribution in [2.24, 2.45) is 0 Å². The number of H-pyrrole nitrogens is 1. The van der Waals surface area contributed by atoms with E-state index < -0.39 is 0 Å². The Hall–Kier alpha value is -0.660. The Morgan fingerprint density at radius 3 is 2.67 bits per heavy atom. The third-order valence-corrected chi connectivity index (χ3v) is 4.24. The van der Waals surface area contributed by atoms with Crippen LogP contribution in [-0.4, -0.2) is 21.4 Å². The van der Waals surface area contributed by atoms with Crippen molar-refractivity contribution >= 4 is 35.3 Å². The second kappa shape index (κ2) is 5.14. The van der Waals surface area contributed by atoms with Gasteiger partial charge in [-0.15, -0.1) is 16.4 Å². The van der Waals surface area contributed by atoms with Gasteiger partial charge in [0.15, 0.2) is 0 Å². The van der Waals surface area contributed by atoms with Crippen molar-refractivity contribution in [1.82, 2.24) is 15.2 Å². The lowest BCUT2D eigenvalue weighted by Gasteiger charge is -2.16. The predicted molar refractivity (Wildman–Crippen MR) is 78.7 cm³/mol. The minimum absolute atomic E-state index is 0.0431.